The number of halogens is 3. The highest BCUT2D eigenvalue weighted by Crippen LogP contribution is 2.33. The molecule has 3 aromatic rings. The van der Waals surface area contributed by atoms with Crippen LogP contribution in [-0.4, -0.2) is 30.9 Å². The van der Waals surface area contributed by atoms with Crippen molar-refractivity contribution in [2.24, 2.45) is 0 Å². The Morgan fingerprint density at radius 2 is 1.76 bits per heavy atom. The Hall–Kier alpha value is -4.17. The summed E-state index contributed by atoms with van der Waals surface area (Å²) in [4.78, 5) is 38.3. The fourth-order valence-corrected chi connectivity index (χ4v) is 4.74. The molecule has 0 bridgehead atoms. The molecular weight excluding hydrogens is 523 g/mol. The van der Waals surface area contributed by atoms with E-state index in [1.54, 1.807) is 26.8 Å². The number of furan rings is 1. The van der Waals surface area contributed by atoms with E-state index in [2.05, 4.69) is 0 Å². The van der Waals surface area contributed by atoms with Gasteiger partial charge in [-0.2, -0.15) is 18.4 Å². The summed E-state index contributed by atoms with van der Waals surface area (Å²) in [6, 6.07) is 9.18. The minimum atomic E-state index is -4.53. The molecule has 0 unspecified atom stereocenters. The van der Waals surface area contributed by atoms with Crippen molar-refractivity contribution in [3.8, 4) is 17.4 Å². The molecule has 0 fully saturated rings. The second-order valence-electron chi connectivity index (χ2n) is 7.85. The Bertz CT molecular complexity index is 1440. The third kappa shape index (κ3) is 6.39. The number of esters is 2. The predicted octanol–water partition coefficient (Wildman–Crippen LogP) is 6.41. The van der Waals surface area contributed by atoms with Crippen LogP contribution in [-0.2, 0) is 26.9 Å². The number of carbonyl (C=O) groups is 3. The molecule has 11 heteroatoms. The lowest BCUT2D eigenvalue weighted by Crippen LogP contribution is -2.12. The zero-order valence-electron chi connectivity index (χ0n) is 20.6. The number of hydrogen-bond acceptors (Lipinski definition) is 8. The summed E-state index contributed by atoms with van der Waals surface area (Å²) in [5.41, 5.74) is -0.607. The van der Waals surface area contributed by atoms with Crippen LogP contribution in [0.4, 0.5) is 13.2 Å². The van der Waals surface area contributed by atoms with Crippen molar-refractivity contribution in [2.75, 3.05) is 13.2 Å². The topological polar surface area (TPSA) is 107 Å². The molecule has 198 valence electrons. The van der Waals surface area contributed by atoms with Crippen LogP contribution in [0.1, 0.15) is 55.6 Å². The molecule has 0 radical (unpaired) electrons. The van der Waals surface area contributed by atoms with E-state index in [4.69, 9.17) is 13.9 Å². The van der Waals surface area contributed by atoms with Crippen LogP contribution in [0, 0.1) is 18.3 Å². The minimum absolute atomic E-state index is 0.0652. The van der Waals surface area contributed by atoms with Crippen LogP contribution in [0.3, 0.4) is 0 Å². The van der Waals surface area contributed by atoms with Gasteiger partial charge in [0.1, 0.15) is 22.5 Å². The molecule has 0 saturated heterocycles. The van der Waals surface area contributed by atoms with Gasteiger partial charge in [0.15, 0.2) is 5.78 Å². The third-order valence-corrected chi connectivity index (χ3v) is 6.56. The number of alkyl halides is 3. The number of hydrogen-bond donors (Lipinski definition) is 0. The first-order valence-corrected chi connectivity index (χ1v) is 12.2. The monoisotopic (exact) mass is 545 g/mol. The molecule has 0 aliphatic carbocycles. The van der Waals surface area contributed by atoms with Gasteiger partial charge in [-0.3, -0.25) is 4.79 Å². The van der Waals surface area contributed by atoms with E-state index < -0.39 is 29.5 Å². The van der Waals surface area contributed by atoms with Gasteiger partial charge in [0, 0.05) is 22.9 Å². The number of ether oxygens (including phenoxy) is 2. The van der Waals surface area contributed by atoms with E-state index in [9.17, 15) is 32.8 Å². The first-order chi connectivity index (χ1) is 18.0. The van der Waals surface area contributed by atoms with E-state index in [1.807, 2.05) is 0 Å². The maximum atomic E-state index is 13.0. The molecule has 0 spiro atoms. The summed E-state index contributed by atoms with van der Waals surface area (Å²) in [7, 11) is 0. The molecule has 38 heavy (non-hydrogen) atoms. The average molecular weight is 546 g/mol. The second kappa shape index (κ2) is 11.9. The van der Waals surface area contributed by atoms with Crippen molar-refractivity contribution in [3.63, 3.8) is 0 Å². The van der Waals surface area contributed by atoms with Crippen molar-refractivity contribution in [2.45, 2.75) is 33.4 Å². The number of carbonyl (C=O) groups excluding carboxylic acids is 3. The number of allylic oxidation sites excluding steroid dienone is 1. The van der Waals surface area contributed by atoms with Crippen LogP contribution in [0.15, 0.2) is 46.4 Å². The number of nitriles is 1. The summed E-state index contributed by atoms with van der Waals surface area (Å²) >= 11 is 0.907. The normalized spacial score (nSPS) is 11.7. The van der Waals surface area contributed by atoms with Crippen LogP contribution < -0.4 is 0 Å². The zero-order valence-corrected chi connectivity index (χ0v) is 21.4. The summed E-state index contributed by atoms with van der Waals surface area (Å²) < 4.78 is 54.8. The van der Waals surface area contributed by atoms with E-state index in [0.717, 1.165) is 29.5 Å². The molecule has 7 nitrogen and oxygen atoms in total. The summed E-state index contributed by atoms with van der Waals surface area (Å²) in [5, 5.41) is 9.60. The molecule has 0 aliphatic heterocycles. The highest BCUT2D eigenvalue weighted by Gasteiger charge is 2.31. The molecule has 2 heterocycles. The van der Waals surface area contributed by atoms with Crippen molar-refractivity contribution in [3.05, 3.63) is 74.2 Å². The fraction of sp³-hybridized carbons (Fsp3) is 0.259. The number of benzene rings is 1. The molecule has 0 saturated carbocycles. The first kappa shape index (κ1) is 28.4. The highest BCUT2D eigenvalue weighted by atomic mass is 32.1. The van der Waals surface area contributed by atoms with Gasteiger partial charge in [-0.15, -0.1) is 11.3 Å². The number of thiophene rings is 1. The number of ketones is 1. The van der Waals surface area contributed by atoms with Gasteiger partial charge < -0.3 is 13.9 Å². The van der Waals surface area contributed by atoms with Gasteiger partial charge in [0.05, 0.1) is 29.9 Å². The highest BCUT2D eigenvalue weighted by molar-refractivity contribution is 7.14. The zero-order chi connectivity index (χ0) is 28.0. The molecule has 0 atom stereocenters. The van der Waals surface area contributed by atoms with Crippen molar-refractivity contribution < 1.29 is 41.4 Å². The van der Waals surface area contributed by atoms with Crippen LogP contribution in [0.25, 0.3) is 17.4 Å². The third-order valence-electron chi connectivity index (χ3n) is 5.29. The molecule has 1 aromatic carbocycles. The molecule has 0 aliphatic rings. The fourth-order valence-electron chi connectivity index (χ4n) is 3.55. The Morgan fingerprint density at radius 1 is 1.08 bits per heavy atom. The van der Waals surface area contributed by atoms with E-state index in [0.29, 0.717) is 5.56 Å². The van der Waals surface area contributed by atoms with Crippen LogP contribution in [0.5, 0.6) is 0 Å². The first-order valence-electron chi connectivity index (χ1n) is 11.4. The van der Waals surface area contributed by atoms with E-state index >= 15 is 0 Å². The molecule has 2 aromatic heterocycles. The van der Waals surface area contributed by atoms with Crippen molar-refractivity contribution >= 4 is 35.1 Å². The SMILES string of the molecule is CCOC(=O)c1sc(CC(=O)/C(C#N)=C/c2ccc(-c3cccc(C(F)(F)F)c3)o2)c(C(=O)OCC)c1C. The Balaban J connectivity index is 1.91. The number of Topliss-reactive ketones (excluding diaryl/α,β-unsaturated/α-hetero) is 1. The lowest BCUT2D eigenvalue weighted by molar-refractivity contribution is -0.137. The number of rotatable bonds is 9. The van der Waals surface area contributed by atoms with Gasteiger partial charge in [-0.05, 0) is 50.6 Å². The van der Waals surface area contributed by atoms with Crippen molar-refractivity contribution in [1.29, 1.82) is 5.26 Å². The van der Waals surface area contributed by atoms with E-state index in [1.165, 1.54) is 24.3 Å². The van der Waals surface area contributed by atoms with Gasteiger partial charge >= 0.3 is 18.1 Å². The second-order valence-corrected chi connectivity index (χ2v) is 8.95. The smallest absolute Gasteiger partial charge is 0.416 e. The Labute approximate surface area is 220 Å². The van der Waals surface area contributed by atoms with Gasteiger partial charge in [0.25, 0.3) is 0 Å². The molecule has 3 rings (SSSR count). The maximum Gasteiger partial charge on any atom is 0.416 e. The van der Waals surface area contributed by atoms with Gasteiger partial charge in [0.2, 0.25) is 0 Å². The van der Waals surface area contributed by atoms with Crippen molar-refractivity contribution in [1.82, 2.24) is 0 Å². The predicted molar refractivity (Wildman–Crippen MR) is 132 cm³/mol. The van der Waals surface area contributed by atoms with Crippen LogP contribution in [0.2, 0.25) is 0 Å². The molecule has 0 amide bonds. The van der Waals surface area contributed by atoms with E-state index in [-0.39, 0.29) is 57.6 Å². The lowest BCUT2D eigenvalue weighted by Gasteiger charge is -2.07. The Kier molecular flexibility index (Phi) is 8.91. The Morgan fingerprint density at radius 3 is 2.39 bits per heavy atom. The lowest BCUT2D eigenvalue weighted by atomic mass is 10.0. The average Bonchev–Trinajstić information content (AvgIpc) is 3.46. The maximum absolute atomic E-state index is 13.0. The van der Waals surface area contributed by atoms with Gasteiger partial charge in [-0.1, -0.05) is 12.1 Å². The summed E-state index contributed by atoms with van der Waals surface area (Å²) in [6.07, 6.45) is -3.74. The standard InChI is InChI=1S/C27H22F3NO6S/c1-4-35-25(33)23-15(3)24(26(34)36-5-2)38-22(23)13-20(32)17(14-31)12-19-9-10-21(37-19)16-7-6-8-18(11-16)27(28,29)30/h6-12H,4-5,13H2,1-3H3/b17-12+. The van der Waals surface area contributed by atoms with Crippen LogP contribution >= 0.6 is 11.3 Å². The summed E-state index contributed by atoms with van der Waals surface area (Å²) in [5.74, 6) is -1.83. The quantitative estimate of drug-likeness (QED) is 0.174. The minimum Gasteiger partial charge on any atom is -0.462 e. The molecular formula is C27H22F3NO6S. The van der Waals surface area contributed by atoms with Gasteiger partial charge in [-0.25, -0.2) is 9.59 Å². The number of nitrogens with zero attached hydrogens (tertiary/aromatic N) is 1. The molecule has 0 N–H and O–H groups in total. The largest absolute Gasteiger partial charge is 0.462 e. The summed E-state index contributed by atoms with van der Waals surface area (Å²) in [6.45, 7) is 4.99.